The van der Waals surface area contributed by atoms with E-state index in [0.717, 1.165) is 0 Å². The molecule has 0 saturated heterocycles. The van der Waals surface area contributed by atoms with Crippen LogP contribution in [0.5, 0.6) is 0 Å². The summed E-state index contributed by atoms with van der Waals surface area (Å²) in [6, 6.07) is 0. The Hall–Kier alpha value is -0.570. The lowest BCUT2D eigenvalue weighted by Gasteiger charge is -2.14. The summed E-state index contributed by atoms with van der Waals surface area (Å²) in [5.41, 5.74) is 0. The average Bonchev–Trinajstić information content (AvgIpc) is 1.87. The molecule has 0 aliphatic heterocycles. The molecule has 3 heteroatoms. The second-order valence-electron chi connectivity index (χ2n) is 2.76. The van der Waals surface area contributed by atoms with Crippen LogP contribution >= 0.6 is 0 Å². The Balaban J connectivity index is 3.57. The van der Waals surface area contributed by atoms with Crippen molar-refractivity contribution in [1.29, 1.82) is 0 Å². The number of ether oxygens (including phenoxy) is 1. The summed E-state index contributed by atoms with van der Waals surface area (Å²) in [6.07, 6.45) is -0.171. The highest BCUT2D eigenvalue weighted by atomic mass is 16.5. The first-order chi connectivity index (χ1) is 5.07. The fourth-order valence-corrected chi connectivity index (χ4v) is 0.659. The van der Waals surface area contributed by atoms with E-state index in [0.29, 0.717) is 6.61 Å². The van der Waals surface area contributed by atoms with Gasteiger partial charge in [-0.2, -0.15) is 0 Å². The van der Waals surface area contributed by atoms with E-state index in [1.807, 2.05) is 27.7 Å². The summed E-state index contributed by atoms with van der Waals surface area (Å²) in [7, 11) is 0. The van der Waals surface area contributed by atoms with Crippen molar-refractivity contribution in [2.24, 2.45) is 5.92 Å². The molecule has 0 aromatic rings. The van der Waals surface area contributed by atoms with Crippen molar-refractivity contribution in [3.05, 3.63) is 0 Å². The van der Waals surface area contributed by atoms with E-state index in [-0.39, 0.29) is 18.1 Å². The number of carbonyl (C=O) groups is 1. The van der Waals surface area contributed by atoms with Gasteiger partial charge in [0.2, 0.25) is 5.91 Å². The van der Waals surface area contributed by atoms with E-state index in [4.69, 9.17) is 4.74 Å². The molecule has 1 unspecified atom stereocenters. The van der Waals surface area contributed by atoms with Crippen molar-refractivity contribution in [2.75, 3.05) is 6.61 Å². The number of carbonyl (C=O) groups excluding carboxylic acids is 1. The number of rotatable bonds is 4. The van der Waals surface area contributed by atoms with Gasteiger partial charge in [-0.15, -0.1) is 0 Å². The van der Waals surface area contributed by atoms with Crippen molar-refractivity contribution >= 4 is 5.91 Å². The Morgan fingerprint density at radius 3 is 2.36 bits per heavy atom. The van der Waals surface area contributed by atoms with Crippen LogP contribution in [0.15, 0.2) is 0 Å². The molecule has 1 N–H and O–H groups in total. The van der Waals surface area contributed by atoms with Crippen molar-refractivity contribution in [3.63, 3.8) is 0 Å². The molecule has 0 saturated carbocycles. The first-order valence-corrected chi connectivity index (χ1v) is 4.00. The van der Waals surface area contributed by atoms with Crippen LogP contribution in [0.4, 0.5) is 0 Å². The van der Waals surface area contributed by atoms with Crippen molar-refractivity contribution in [3.8, 4) is 0 Å². The topological polar surface area (TPSA) is 38.3 Å². The summed E-state index contributed by atoms with van der Waals surface area (Å²) in [5, 5.41) is 2.72. The van der Waals surface area contributed by atoms with E-state index < -0.39 is 0 Å². The van der Waals surface area contributed by atoms with Gasteiger partial charge in [-0.05, 0) is 13.8 Å². The number of amides is 1. The predicted octanol–water partition coefficient (Wildman–Crippen LogP) is 1.14. The lowest BCUT2D eigenvalue weighted by atomic mass is 10.2. The van der Waals surface area contributed by atoms with E-state index in [9.17, 15) is 4.79 Å². The quantitative estimate of drug-likeness (QED) is 0.625. The van der Waals surface area contributed by atoms with Crippen LogP contribution in [-0.4, -0.2) is 18.7 Å². The van der Waals surface area contributed by atoms with Crippen LogP contribution in [-0.2, 0) is 9.53 Å². The monoisotopic (exact) mass is 159 g/mol. The van der Waals surface area contributed by atoms with Gasteiger partial charge in [0.05, 0.1) is 0 Å². The third-order valence-corrected chi connectivity index (χ3v) is 1.29. The van der Waals surface area contributed by atoms with Gasteiger partial charge in [0.1, 0.15) is 6.23 Å². The zero-order chi connectivity index (χ0) is 8.85. The average molecular weight is 159 g/mol. The molecule has 3 nitrogen and oxygen atoms in total. The number of hydrogen-bond donors (Lipinski definition) is 1. The van der Waals surface area contributed by atoms with Crippen LogP contribution in [0.2, 0.25) is 0 Å². The van der Waals surface area contributed by atoms with Gasteiger partial charge in [0.25, 0.3) is 0 Å². The van der Waals surface area contributed by atoms with Gasteiger partial charge < -0.3 is 10.1 Å². The lowest BCUT2D eigenvalue weighted by Crippen LogP contribution is -2.37. The fraction of sp³-hybridized carbons (Fsp3) is 0.875. The normalized spacial score (nSPS) is 13.2. The van der Waals surface area contributed by atoms with E-state index >= 15 is 0 Å². The van der Waals surface area contributed by atoms with Gasteiger partial charge in [0, 0.05) is 12.5 Å². The molecule has 0 spiro atoms. The van der Waals surface area contributed by atoms with Gasteiger partial charge in [-0.3, -0.25) is 4.79 Å². The minimum Gasteiger partial charge on any atom is -0.359 e. The molecule has 0 aromatic carbocycles. The van der Waals surface area contributed by atoms with Crippen LogP contribution in [0, 0.1) is 5.92 Å². The van der Waals surface area contributed by atoms with Gasteiger partial charge in [-0.25, -0.2) is 0 Å². The molecule has 0 aliphatic carbocycles. The number of nitrogens with one attached hydrogen (secondary N) is 1. The Labute approximate surface area is 68.1 Å². The van der Waals surface area contributed by atoms with Gasteiger partial charge >= 0.3 is 0 Å². The second kappa shape index (κ2) is 5.13. The van der Waals surface area contributed by atoms with E-state index in [1.165, 1.54) is 0 Å². The zero-order valence-electron chi connectivity index (χ0n) is 7.68. The van der Waals surface area contributed by atoms with Crippen LogP contribution in [0.25, 0.3) is 0 Å². The van der Waals surface area contributed by atoms with Gasteiger partial charge in [-0.1, -0.05) is 13.8 Å². The Morgan fingerprint density at radius 2 is 2.00 bits per heavy atom. The molecule has 0 rings (SSSR count). The van der Waals surface area contributed by atoms with Crippen molar-refractivity contribution in [2.45, 2.75) is 33.9 Å². The third-order valence-electron chi connectivity index (χ3n) is 1.29. The maximum absolute atomic E-state index is 11.0. The second-order valence-corrected chi connectivity index (χ2v) is 2.76. The molecule has 1 amide bonds. The first kappa shape index (κ1) is 10.4. The first-order valence-electron chi connectivity index (χ1n) is 4.00. The summed E-state index contributed by atoms with van der Waals surface area (Å²) in [5.74, 6) is 0.0591. The fourth-order valence-electron chi connectivity index (χ4n) is 0.659. The summed E-state index contributed by atoms with van der Waals surface area (Å²) in [6.45, 7) is 8.06. The molecule has 11 heavy (non-hydrogen) atoms. The summed E-state index contributed by atoms with van der Waals surface area (Å²) >= 11 is 0. The maximum atomic E-state index is 11.0. The minimum atomic E-state index is -0.171. The molecular formula is C8H17NO2. The summed E-state index contributed by atoms with van der Waals surface area (Å²) in [4.78, 5) is 11.0. The largest absolute Gasteiger partial charge is 0.359 e. The Bertz CT molecular complexity index is 123. The third kappa shape index (κ3) is 4.79. The van der Waals surface area contributed by atoms with Crippen molar-refractivity contribution < 1.29 is 9.53 Å². The minimum absolute atomic E-state index is 0.0258. The van der Waals surface area contributed by atoms with E-state index in [1.54, 1.807) is 0 Å². The lowest BCUT2D eigenvalue weighted by molar-refractivity contribution is -0.127. The molecule has 0 aliphatic rings. The maximum Gasteiger partial charge on any atom is 0.224 e. The molecule has 0 bridgehead atoms. The highest BCUT2D eigenvalue weighted by molar-refractivity contribution is 5.77. The van der Waals surface area contributed by atoms with E-state index in [2.05, 4.69) is 5.32 Å². The highest BCUT2D eigenvalue weighted by Gasteiger charge is 2.09. The zero-order valence-corrected chi connectivity index (χ0v) is 7.68. The molecule has 66 valence electrons. The summed E-state index contributed by atoms with van der Waals surface area (Å²) < 4.78 is 5.13. The molecule has 0 fully saturated rings. The van der Waals surface area contributed by atoms with Crippen LogP contribution < -0.4 is 5.32 Å². The standard InChI is InChI=1S/C8H17NO2/c1-5-11-7(4)9-8(10)6(2)3/h6-7H,5H2,1-4H3,(H,9,10). The van der Waals surface area contributed by atoms with Crippen molar-refractivity contribution in [1.82, 2.24) is 5.32 Å². The predicted molar refractivity (Wildman–Crippen MR) is 44.1 cm³/mol. The smallest absolute Gasteiger partial charge is 0.224 e. The van der Waals surface area contributed by atoms with Gasteiger partial charge in [0.15, 0.2) is 0 Å². The highest BCUT2D eigenvalue weighted by Crippen LogP contribution is 1.93. The molecule has 1 atom stereocenters. The van der Waals surface area contributed by atoms with Crippen LogP contribution in [0.3, 0.4) is 0 Å². The Morgan fingerprint density at radius 1 is 1.45 bits per heavy atom. The molecule has 0 aromatic heterocycles. The molecule has 0 heterocycles. The molecular weight excluding hydrogens is 142 g/mol. The van der Waals surface area contributed by atoms with Crippen LogP contribution in [0.1, 0.15) is 27.7 Å². The Kier molecular flexibility index (Phi) is 4.86. The SMILES string of the molecule is CCOC(C)NC(=O)C(C)C. The molecule has 0 radical (unpaired) electrons. The number of hydrogen-bond acceptors (Lipinski definition) is 2.